The van der Waals surface area contributed by atoms with E-state index in [-0.39, 0.29) is 24.1 Å². The Morgan fingerprint density at radius 3 is 2.29 bits per heavy atom. The predicted molar refractivity (Wildman–Crippen MR) is 138 cm³/mol. The molecule has 0 saturated heterocycles. The fourth-order valence-electron chi connectivity index (χ4n) is 3.77. The Bertz CT molecular complexity index is 848. The Kier molecular flexibility index (Phi) is 12.1. The lowest BCUT2D eigenvalue weighted by atomic mass is 9.97. The van der Waals surface area contributed by atoms with Gasteiger partial charge in [0.25, 0.3) is 0 Å². The lowest BCUT2D eigenvalue weighted by Gasteiger charge is -2.35. The van der Waals surface area contributed by atoms with E-state index in [1.165, 1.54) is 4.90 Å². The number of para-hydroxylation sites is 1. The standard InChI is InChI=1S/C27H45N3O5/c1-9-11-12-16-28-24(32)22(20-15-13-14-19(5)23(20)31)30(17-10-2)25(33)21(18(3)4)29-26(34)35-27(6,7)8/h13-15,18,21-22,31H,9-12,16-17H2,1-8H3,(H,28,32)(H,29,34). The van der Waals surface area contributed by atoms with Gasteiger partial charge < -0.3 is 25.4 Å². The van der Waals surface area contributed by atoms with Gasteiger partial charge in [-0.15, -0.1) is 0 Å². The number of rotatable bonds is 12. The van der Waals surface area contributed by atoms with Crippen LogP contribution in [0.2, 0.25) is 0 Å². The number of phenols is 1. The molecule has 0 aromatic heterocycles. The van der Waals surface area contributed by atoms with Gasteiger partial charge in [-0.05, 0) is 52.0 Å². The van der Waals surface area contributed by atoms with Crippen molar-refractivity contribution in [2.75, 3.05) is 13.1 Å². The lowest BCUT2D eigenvalue weighted by molar-refractivity contribution is -0.143. The second-order valence-electron chi connectivity index (χ2n) is 10.3. The van der Waals surface area contributed by atoms with Gasteiger partial charge in [-0.1, -0.05) is 58.7 Å². The summed E-state index contributed by atoms with van der Waals surface area (Å²) in [6, 6.07) is 3.24. The molecule has 0 bridgehead atoms. The number of nitrogens with one attached hydrogen (secondary N) is 2. The highest BCUT2D eigenvalue weighted by Gasteiger charge is 2.38. The SMILES string of the molecule is CCCCCNC(=O)C(c1cccc(C)c1O)N(CCC)C(=O)C(NC(=O)OC(C)(C)C)C(C)C. The second-order valence-corrected chi connectivity index (χ2v) is 10.3. The fraction of sp³-hybridized carbons (Fsp3) is 0.667. The number of carbonyl (C=O) groups is 3. The molecule has 8 heteroatoms. The first-order valence-electron chi connectivity index (χ1n) is 12.7. The van der Waals surface area contributed by atoms with Gasteiger partial charge >= 0.3 is 6.09 Å². The first-order valence-corrected chi connectivity index (χ1v) is 12.7. The molecule has 3 amide bonds. The number of hydrogen-bond acceptors (Lipinski definition) is 5. The largest absolute Gasteiger partial charge is 0.507 e. The third-order valence-electron chi connectivity index (χ3n) is 5.56. The van der Waals surface area contributed by atoms with Gasteiger partial charge in [-0.25, -0.2) is 4.79 Å². The van der Waals surface area contributed by atoms with Crippen molar-refractivity contribution in [3.8, 4) is 5.75 Å². The van der Waals surface area contributed by atoms with Crippen molar-refractivity contribution in [1.29, 1.82) is 0 Å². The first kappa shape index (κ1) is 30.3. The number of benzene rings is 1. The van der Waals surface area contributed by atoms with Crippen molar-refractivity contribution in [2.24, 2.45) is 5.92 Å². The van der Waals surface area contributed by atoms with Crippen LogP contribution in [0.5, 0.6) is 5.75 Å². The summed E-state index contributed by atoms with van der Waals surface area (Å²) >= 11 is 0. The molecule has 8 nitrogen and oxygen atoms in total. The molecule has 0 spiro atoms. The molecule has 1 aromatic rings. The van der Waals surface area contributed by atoms with Gasteiger partial charge in [0.2, 0.25) is 11.8 Å². The third-order valence-corrected chi connectivity index (χ3v) is 5.56. The number of hydrogen-bond donors (Lipinski definition) is 3. The zero-order chi connectivity index (χ0) is 26.8. The molecular weight excluding hydrogens is 446 g/mol. The highest BCUT2D eigenvalue weighted by molar-refractivity contribution is 5.92. The van der Waals surface area contributed by atoms with E-state index >= 15 is 0 Å². The van der Waals surface area contributed by atoms with E-state index < -0.39 is 29.7 Å². The molecule has 1 aromatic carbocycles. The minimum Gasteiger partial charge on any atom is -0.507 e. The van der Waals surface area contributed by atoms with Crippen molar-refractivity contribution in [3.05, 3.63) is 29.3 Å². The zero-order valence-corrected chi connectivity index (χ0v) is 22.7. The molecule has 0 fully saturated rings. The summed E-state index contributed by atoms with van der Waals surface area (Å²) < 4.78 is 5.37. The van der Waals surface area contributed by atoms with Crippen LogP contribution in [0.4, 0.5) is 4.79 Å². The number of aromatic hydroxyl groups is 1. The maximum atomic E-state index is 13.9. The molecule has 0 heterocycles. The summed E-state index contributed by atoms with van der Waals surface area (Å²) in [5, 5.41) is 16.5. The van der Waals surface area contributed by atoms with E-state index in [1.807, 2.05) is 20.8 Å². The number of alkyl carbamates (subject to hydrolysis) is 1. The normalized spacial score (nSPS) is 13.2. The Labute approximate surface area is 210 Å². The summed E-state index contributed by atoms with van der Waals surface area (Å²) in [7, 11) is 0. The Morgan fingerprint density at radius 2 is 1.74 bits per heavy atom. The maximum absolute atomic E-state index is 13.9. The van der Waals surface area contributed by atoms with Gasteiger partial charge in [0.15, 0.2) is 0 Å². The summed E-state index contributed by atoms with van der Waals surface area (Å²) in [5.74, 6) is -1.03. The fourth-order valence-corrected chi connectivity index (χ4v) is 3.77. The quantitative estimate of drug-likeness (QED) is 0.363. The molecule has 1 rings (SSSR count). The number of nitrogens with zero attached hydrogens (tertiary/aromatic N) is 1. The molecular formula is C27H45N3O5. The number of unbranched alkanes of at least 4 members (excludes halogenated alkanes) is 2. The van der Waals surface area contributed by atoms with Crippen LogP contribution >= 0.6 is 0 Å². The van der Waals surface area contributed by atoms with Gasteiger partial charge in [-0.3, -0.25) is 9.59 Å². The Balaban J connectivity index is 3.41. The van der Waals surface area contributed by atoms with Gasteiger partial charge in [-0.2, -0.15) is 0 Å². The molecule has 0 aliphatic heterocycles. The van der Waals surface area contributed by atoms with Crippen molar-refractivity contribution in [3.63, 3.8) is 0 Å². The predicted octanol–water partition coefficient (Wildman–Crippen LogP) is 4.84. The van der Waals surface area contributed by atoms with Crippen LogP contribution in [-0.4, -0.2) is 52.6 Å². The van der Waals surface area contributed by atoms with Crippen LogP contribution in [0.15, 0.2) is 18.2 Å². The van der Waals surface area contributed by atoms with Crippen LogP contribution in [0, 0.1) is 12.8 Å². The van der Waals surface area contributed by atoms with Crippen molar-refractivity contribution in [1.82, 2.24) is 15.5 Å². The molecule has 0 aliphatic carbocycles. The molecule has 0 saturated carbocycles. The highest BCUT2D eigenvalue weighted by Crippen LogP contribution is 2.32. The van der Waals surface area contributed by atoms with Crippen LogP contribution < -0.4 is 10.6 Å². The highest BCUT2D eigenvalue weighted by atomic mass is 16.6. The summed E-state index contributed by atoms with van der Waals surface area (Å²) in [5.41, 5.74) is 0.258. The number of amides is 3. The maximum Gasteiger partial charge on any atom is 0.408 e. The molecule has 2 atom stereocenters. The van der Waals surface area contributed by atoms with Crippen molar-refractivity contribution >= 4 is 17.9 Å². The summed E-state index contributed by atoms with van der Waals surface area (Å²) in [6.45, 7) is 15.4. The van der Waals surface area contributed by atoms with Gasteiger partial charge in [0, 0.05) is 18.7 Å². The van der Waals surface area contributed by atoms with E-state index in [2.05, 4.69) is 17.6 Å². The zero-order valence-electron chi connectivity index (χ0n) is 22.7. The Hall–Kier alpha value is -2.77. The molecule has 0 aliphatic rings. The Morgan fingerprint density at radius 1 is 1.09 bits per heavy atom. The number of ether oxygens (including phenoxy) is 1. The van der Waals surface area contributed by atoms with Gasteiger partial charge in [0.1, 0.15) is 23.4 Å². The smallest absolute Gasteiger partial charge is 0.408 e. The number of aryl methyl sites for hydroxylation is 1. The van der Waals surface area contributed by atoms with Crippen LogP contribution in [0.25, 0.3) is 0 Å². The average Bonchev–Trinajstić information content (AvgIpc) is 2.75. The monoisotopic (exact) mass is 491 g/mol. The lowest BCUT2D eigenvalue weighted by Crippen LogP contribution is -2.55. The van der Waals surface area contributed by atoms with E-state index in [4.69, 9.17) is 4.74 Å². The average molecular weight is 492 g/mol. The van der Waals surface area contributed by atoms with Crippen molar-refractivity contribution in [2.45, 2.75) is 98.8 Å². The summed E-state index contributed by atoms with van der Waals surface area (Å²) in [6.07, 6.45) is 2.72. The second kappa shape index (κ2) is 14.0. The number of carbonyl (C=O) groups excluding carboxylic acids is 3. The summed E-state index contributed by atoms with van der Waals surface area (Å²) in [4.78, 5) is 41.3. The first-order chi connectivity index (χ1) is 16.3. The van der Waals surface area contributed by atoms with E-state index in [0.29, 0.717) is 24.1 Å². The molecule has 35 heavy (non-hydrogen) atoms. The molecule has 3 N–H and O–H groups in total. The van der Waals surface area contributed by atoms with E-state index in [1.54, 1.807) is 45.9 Å². The van der Waals surface area contributed by atoms with Crippen LogP contribution in [-0.2, 0) is 14.3 Å². The minimum atomic E-state index is -1.04. The number of phenolic OH excluding ortho intramolecular Hbond substituents is 1. The third kappa shape index (κ3) is 9.42. The minimum absolute atomic E-state index is 0.0173. The molecule has 2 unspecified atom stereocenters. The van der Waals surface area contributed by atoms with Crippen molar-refractivity contribution < 1.29 is 24.2 Å². The van der Waals surface area contributed by atoms with Crippen LogP contribution in [0.1, 0.15) is 91.3 Å². The topological polar surface area (TPSA) is 108 Å². The van der Waals surface area contributed by atoms with Gasteiger partial charge in [0.05, 0.1) is 0 Å². The van der Waals surface area contributed by atoms with E-state index in [9.17, 15) is 19.5 Å². The molecule has 0 radical (unpaired) electrons. The van der Waals surface area contributed by atoms with Crippen LogP contribution in [0.3, 0.4) is 0 Å². The molecule has 198 valence electrons. The van der Waals surface area contributed by atoms with E-state index in [0.717, 1.165) is 19.3 Å².